The quantitative estimate of drug-likeness (QED) is 0.357. The number of nitrogens with one attached hydrogen (secondary N) is 1. The van der Waals surface area contributed by atoms with E-state index in [0.717, 1.165) is 10.0 Å². The van der Waals surface area contributed by atoms with Gasteiger partial charge in [-0.2, -0.15) is 0 Å². The van der Waals surface area contributed by atoms with Crippen LogP contribution in [-0.2, 0) is 0 Å². The zero-order chi connectivity index (χ0) is 22.0. The van der Waals surface area contributed by atoms with Crippen LogP contribution in [0.25, 0.3) is 11.4 Å². The standard InChI is InChI=1S/C23H16BrN3O4/c24-19-9-7-15(8-10-19)18-13-22(16-3-1-5-20(11-16)26(28)29)25-23(14-18)17-4-2-6-21(12-17)27(30)31/h1-14,18,25H. The summed E-state index contributed by atoms with van der Waals surface area (Å²) >= 11 is 3.44. The van der Waals surface area contributed by atoms with Crippen molar-refractivity contribution in [3.05, 3.63) is 126 Å². The number of nitro groups is 2. The number of nitro benzene ring substituents is 2. The molecule has 0 radical (unpaired) electrons. The first-order valence-electron chi connectivity index (χ1n) is 9.36. The van der Waals surface area contributed by atoms with E-state index in [1.807, 2.05) is 36.4 Å². The van der Waals surface area contributed by atoms with Gasteiger partial charge in [-0.15, -0.1) is 0 Å². The van der Waals surface area contributed by atoms with E-state index >= 15 is 0 Å². The van der Waals surface area contributed by atoms with Crippen LogP contribution in [-0.4, -0.2) is 9.85 Å². The average Bonchev–Trinajstić information content (AvgIpc) is 2.79. The summed E-state index contributed by atoms with van der Waals surface area (Å²) in [5.74, 6) is -0.127. The summed E-state index contributed by atoms with van der Waals surface area (Å²) in [7, 11) is 0. The van der Waals surface area contributed by atoms with Gasteiger partial charge in [0.15, 0.2) is 0 Å². The first-order valence-corrected chi connectivity index (χ1v) is 10.2. The van der Waals surface area contributed by atoms with Crippen LogP contribution in [0.1, 0.15) is 22.6 Å². The molecule has 1 heterocycles. The molecule has 8 heteroatoms. The van der Waals surface area contributed by atoms with Crippen molar-refractivity contribution >= 4 is 38.7 Å². The van der Waals surface area contributed by atoms with Gasteiger partial charge in [0.05, 0.1) is 9.85 Å². The third-order valence-corrected chi connectivity index (χ3v) is 5.48. The summed E-state index contributed by atoms with van der Waals surface area (Å²) in [5.41, 5.74) is 3.72. The van der Waals surface area contributed by atoms with Crippen LogP contribution in [0.2, 0.25) is 0 Å². The molecule has 31 heavy (non-hydrogen) atoms. The maximum absolute atomic E-state index is 11.2. The number of non-ortho nitro benzene ring substituents is 2. The molecule has 0 aromatic heterocycles. The van der Waals surface area contributed by atoms with E-state index in [9.17, 15) is 20.2 Å². The average molecular weight is 478 g/mol. The van der Waals surface area contributed by atoms with Crippen LogP contribution in [0.15, 0.2) is 89.4 Å². The van der Waals surface area contributed by atoms with Crippen LogP contribution in [0.3, 0.4) is 0 Å². The SMILES string of the molecule is O=[N+]([O-])c1cccc(C2=CC(c3ccc(Br)cc3)C=C(c3cccc([N+](=O)[O-])c3)N2)c1. The fourth-order valence-electron chi connectivity index (χ4n) is 3.42. The Bertz CT molecular complexity index is 1160. The normalized spacial score (nSPS) is 13.7. The van der Waals surface area contributed by atoms with E-state index in [-0.39, 0.29) is 17.3 Å². The summed E-state index contributed by atoms with van der Waals surface area (Å²) < 4.78 is 0.955. The molecule has 4 rings (SSSR count). The fraction of sp³-hybridized carbons (Fsp3) is 0.0435. The zero-order valence-corrected chi connectivity index (χ0v) is 17.7. The first-order chi connectivity index (χ1) is 14.9. The van der Waals surface area contributed by atoms with Crippen molar-refractivity contribution in [1.29, 1.82) is 0 Å². The van der Waals surface area contributed by atoms with Crippen LogP contribution in [0, 0.1) is 20.2 Å². The lowest BCUT2D eigenvalue weighted by Crippen LogP contribution is -2.17. The molecule has 0 bridgehead atoms. The molecule has 1 N–H and O–H groups in total. The number of benzene rings is 3. The summed E-state index contributed by atoms with van der Waals surface area (Å²) in [6.45, 7) is 0. The predicted molar refractivity (Wildman–Crippen MR) is 122 cm³/mol. The van der Waals surface area contributed by atoms with Crippen LogP contribution < -0.4 is 5.32 Å². The molecule has 0 atom stereocenters. The van der Waals surface area contributed by atoms with Crippen LogP contribution >= 0.6 is 15.9 Å². The Balaban J connectivity index is 1.80. The molecular weight excluding hydrogens is 462 g/mol. The van der Waals surface area contributed by atoms with Gasteiger partial charge >= 0.3 is 0 Å². The highest BCUT2D eigenvalue weighted by Gasteiger charge is 2.20. The topological polar surface area (TPSA) is 98.3 Å². The monoisotopic (exact) mass is 477 g/mol. The predicted octanol–water partition coefficient (Wildman–Crippen LogP) is 6.03. The van der Waals surface area contributed by atoms with Gasteiger partial charge in [0.1, 0.15) is 0 Å². The van der Waals surface area contributed by atoms with Crippen molar-refractivity contribution in [3.63, 3.8) is 0 Å². The number of rotatable bonds is 5. The molecule has 0 aliphatic carbocycles. The Hall–Kier alpha value is -3.78. The summed E-state index contributed by atoms with van der Waals surface area (Å²) in [6.07, 6.45) is 3.98. The van der Waals surface area contributed by atoms with E-state index in [0.29, 0.717) is 22.5 Å². The fourth-order valence-corrected chi connectivity index (χ4v) is 3.69. The Kier molecular flexibility index (Phi) is 5.64. The van der Waals surface area contributed by atoms with E-state index in [1.54, 1.807) is 24.3 Å². The summed E-state index contributed by atoms with van der Waals surface area (Å²) in [5, 5.41) is 25.8. The zero-order valence-electron chi connectivity index (χ0n) is 16.1. The van der Waals surface area contributed by atoms with Crippen LogP contribution in [0.4, 0.5) is 11.4 Å². The Labute approximate surface area is 186 Å². The molecule has 3 aromatic rings. The number of halogens is 1. The number of hydrogen-bond acceptors (Lipinski definition) is 5. The smallest absolute Gasteiger partial charge is 0.270 e. The van der Waals surface area contributed by atoms with Gasteiger partial charge < -0.3 is 5.32 Å². The van der Waals surface area contributed by atoms with E-state index < -0.39 is 9.85 Å². The van der Waals surface area contributed by atoms with E-state index in [2.05, 4.69) is 21.2 Å². The molecule has 0 saturated heterocycles. The molecule has 0 spiro atoms. The minimum absolute atomic E-state index is 0.00755. The van der Waals surface area contributed by atoms with Gasteiger partial charge in [0, 0.05) is 57.2 Å². The highest BCUT2D eigenvalue weighted by atomic mass is 79.9. The maximum Gasteiger partial charge on any atom is 0.270 e. The molecule has 0 saturated carbocycles. The van der Waals surface area contributed by atoms with Gasteiger partial charge in [0.25, 0.3) is 11.4 Å². The molecule has 0 fully saturated rings. The molecule has 7 nitrogen and oxygen atoms in total. The maximum atomic E-state index is 11.2. The van der Waals surface area contributed by atoms with Crippen molar-refractivity contribution in [1.82, 2.24) is 5.32 Å². The molecule has 1 aliphatic rings. The number of nitrogens with zero attached hydrogens (tertiary/aromatic N) is 2. The Morgan fingerprint density at radius 2 is 1.23 bits per heavy atom. The molecule has 1 aliphatic heterocycles. The second-order valence-electron chi connectivity index (χ2n) is 6.98. The lowest BCUT2D eigenvalue weighted by Gasteiger charge is -2.24. The second-order valence-corrected chi connectivity index (χ2v) is 7.89. The molecule has 154 valence electrons. The largest absolute Gasteiger partial charge is 0.355 e. The van der Waals surface area contributed by atoms with Crippen LogP contribution in [0.5, 0.6) is 0 Å². The number of allylic oxidation sites excluding steroid dienone is 2. The first kappa shape index (κ1) is 20.5. The van der Waals surface area contributed by atoms with Gasteiger partial charge in [-0.1, -0.05) is 52.3 Å². The molecule has 0 unspecified atom stereocenters. The molecule has 0 amide bonds. The second kappa shape index (κ2) is 8.53. The molecular formula is C23H16BrN3O4. The molecule has 3 aromatic carbocycles. The minimum Gasteiger partial charge on any atom is -0.355 e. The lowest BCUT2D eigenvalue weighted by molar-refractivity contribution is -0.385. The summed E-state index contributed by atoms with van der Waals surface area (Å²) in [6, 6.07) is 20.6. The highest BCUT2D eigenvalue weighted by molar-refractivity contribution is 9.10. The van der Waals surface area contributed by atoms with Crippen molar-refractivity contribution < 1.29 is 9.85 Å². The number of hydrogen-bond donors (Lipinski definition) is 1. The third kappa shape index (κ3) is 4.54. The van der Waals surface area contributed by atoms with Crippen molar-refractivity contribution in [3.8, 4) is 0 Å². The van der Waals surface area contributed by atoms with Crippen molar-refractivity contribution in [2.45, 2.75) is 5.92 Å². The Morgan fingerprint density at radius 1 is 0.742 bits per heavy atom. The van der Waals surface area contributed by atoms with Gasteiger partial charge in [-0.3, -0.25) is 20.2 Å². The highest BCUT2D eigenvalue weighted by Crippen LogP contribution is 2.34. The van der Waals surface area contributed by atoms with Crippen molar-refractivity contribution in [2.75, 3.05) is 0 Å². The summed E-state index contributed by atoms with van der Waals surface area (Å²) in [4.78, 5) is 21.6. The minimum atomic E-state index is -0.434. The van der Waals surface area contributed by atoms with Crippen molar-refractivity contribution in [2.24, 2.45) is 0 Å². The van der Waals surface area contributed by atoms with E-state index in [1.165, 1.54) is 24.3 Å². The van der Waals surface area contributed by atoms with Gasteiger partial charge in [-0.05, 0) is 29.8 Å². The lowest BCUT2D eigenvalue weighted by atomic mass is 9.91. The van der Waals surface area contributed by atoms with Gasteiger partial charge in [0.2, 0.25) is 0 Å². The third-order valence-electron chi connectivity index (χ3n) is 4.95. The van der Waals surface area contributed by atoms with E-state index in [4.69, 9.17) is 0 Å². The number of dihydropyridines is 1. The Morgan fingerprint density at radius 3 is 1.68 bits per heavy atom. The van der Waals surface area contributed by atoms with Gasteiger partial charge in [-0.25, -0.2) is 0 Å².